The standard InChI is InChI=1S/C51H30N4O/c1-3-13-33(14-4-1)49-52-50(34-15-5-2-6-16-34)54-51(53-49)39-20-11-21-44-47(39)48-40-30-37(25-22-32(40)24-27-45(48)56-44)55-42-26-23-31-12-9-10-19-38(31)46(42)41-28-35-17-7-8-18-36(35)29-43(41)55/h1-30H. The summed E-state index contributed by atoms with van der Waals surface area (Å²) in [6, 6.07) is 63.9. The van der Waals surface area contributed by atoms with Crippen molar-refractivity contribution in [3.63, 3.8) is 0 Å². The molecule has 0 fully saturated rings. The number of nitrogens with zero attached hydrogens (tertiary/aromatic N) is 4. The highest BCUT2D eigenvalue weighted by Gasteiger charge is 2.21. The third kappa shape index (κ3) is 4.64. The van der Waals surface area contributed by atoms with Crippen LogP contribution >= 0.6 is 0 Å². The van der Waals surface area contributed by atoms with Crippen LogP contribution in [0, 0.1) is 0 Å². The van der Waals surface area contributed by atoms with Gasteiger partial charge in [-0.05, 0) is 74.8 Å². The Balaban J connectivity index is 1.15. The minimum Gasteiger partial charge on any atom is -0.456 e. The van der Waals surface area contributed by atoms with Crippen LogP contribution in [-0.2, 0) is 0 Å². The summed E-state index contributed by atoms with van der Waals surface area (Å²) in [5.41, 5.74) is 7.78. The van der Waals surface area contributed by atoms with E-state index in [0.29, 0.717) is 17.5 Å². The number of benzene rings is 9. The highest BCUT2D eigenvalue weighted by Crippen LogP contribution is 2.43. The molecule has 0 saturated heterocycles. The number of fused-ring (bicyclic) bond motifs is 11. The van der Waals surface area contributed by atoms with E-state index in [1.165, 1.54) is 43.4 Å². The van der Waals surface area contributed by atoms with Crippen LogP contribution in [0.4, 0.5) is 0 Å². The van der Waals surface area contributed by atoms with Crippen LogP contribution in [0.25, 0.3) is 116 Å². The van der Waals surface area contributed by atoms with Crippen molar-refractivity contribution >= 4 is 76.1 Å². The largest absolute Gasteiger partial charge is 0.456 e. The Hall–Kier alpha value is -7.63. The van der Waals surface area contributed by atoms with Crippen LogP contribution in [0.15, 0.2) is 186 Å². The van der Waals surface area contributed by atoms with Gasteiger partial charge in [-0.15, -0.1) is 0 Å². The first kappa shape index (κ1) is 30.8. The van der Waals surface area contributed by atoms with Crippen molar-refractivity contribution in [1.29, 1.82) is 0 Å². The van der Waals surface area contributed by atoms with E-state index < -0.39 is 0 Å². The molecule has 0 saturated carbocycles. The van der Waals surface area contributed by atoms with Crippen molar-refractivity contribution in [3.05, 3.63) is 182 Å². The second-order valence-corrected chi connectivity index (χ2v) is 14.4. The van der Waals surface area contributed by atoms with E-state index in [1.807, 2.05) is 72.8 Å². The van der Waals surface area contributed by atoms with Gasteiger partial charge in [0.05, 0.1) is 11.0 Å². The summed E-state index contributed by atoms with van der Waals surface area (Å²) in [6.07, 6.45) is 0. The minimum absolute atomic E-state index is 0.598. The fourth-order valence-corrected chi connectivity index (χ4v) is 8.63. The van der Waals surface area contributed by atoms with Gasteiger partial charge >= 0.3 is 0 Å². The normalized spacial score (nSPS) is 11.9. The zero-order valence-corrected chi connectivity index (χ0v) is 30.0. The lowest BCUT2D eigenvalue weighted by atomic mass is 9.99. The Bertz CT molecular complexity index is 3470. The molecule has 9 aromatic carbocycles. The van der Waals surface area contributed by atoms with Gasteiger partial charge in [-0.25, -0.2) is 15.0 Å². The fraction of sp³-hybridized carbons (Fsp3) is 0. The van der Waals surface area contributed by atoms with Crippen molar-refractivity contribution in [2.75, 3.05) is 0 Å². The zero-order valence-electron chi connectivity index (χ0n) is 30.0. The molecule has 0 aliphatic rings. The molecule has 260 valence electrons. The predicted molar refractivity (Wildman–Crippen MR) is 230 cm³/mol. The van der Waals surface area contributed by atoms with E-state index in [-0.39, 0.29) is 0 Å². The summed E-state index contributed by atoms with van der Waals surface area (Å²) in [7, 11) is 0. The average molecular weight is 715 g/mol. The lowest BCUT2D eigenvalue weighted by Crippen LogP contribution is -2.00. The molecule has 56 heavy (non-hydrogen) atoms. The molecule has 0 aliphatic carbocycles. The monoisotopic (exact) mass is 714 g/mol. The predicted octanol–water partition coefficient (Wildman–Crippen LogP) is 13.3. The Morgan fingerprint density at radius 2 is 0.964 bits per heavy atom. The molecule has 12 aromatic rings. The highest BCUT2D eigenvalue weighted by molar-refractivity contribution is 6.25. The smallest absolute Gasteiger partial charge is 0.164 e. The molecule has 0 atom stereocenters. The summed E-state index contributed by atoms with van der Waals surface area (Å²) in [4.78, 5) is 15.2. The van der Waals surface area contributed by atoms with E-state index in [0.717, 1.165) is 55.1 Å². The second kappa shape index (κ2) is 11.9. The maximum atomic E-state index is 6.64. The first-order chi connectivity index (χ1) is 27.7. The molecule has 5 nitrogen and oxygen atoms in total. The van der Waals surface area contributed by atoms with E-state index in [2.05, 4.69) is 114 Å². The zero-order chi connectivity index (χ0) is 36.7. The van der Waals surface area contributed by atoms with Gasteiger partial charge < -0.3 is 8.98 Å². The molecule has 3 heterocycles. The summed E-state index contributed by atoms with van der Waals surface area (Å²) in [6.45, 7) is 0. The Labute approximate surface area is 320 Å². The summed E-state index contributed by atoms with van der Waals surface area (Å²) in [5.74, 6) is 1.84. The van der Waals surface area contributed by atoms with Crippen LogP contribution in [0.5, 0.6) is 0 Å². The molecule has 0 bridgehead atoms. The van der Waals surface area contributed by atoms with Gasteiger partial charge in [0, 0.05) is 43.9 Å². The Morgan fingerprint density at radius 3 is 1.73 bits per heavy atom. The van der Waals surface area contributed by atoms with Gasteiger partial charge in [-0.3, -0.25) is 0 Å². The molecule has 12 rings (SSSR count). The Morgan fingerprint density at radius 1 is 0.357 bits per heavy atom. The quantitative estimate of drug-likeness (QED) is 0.182. The molecule has 5 heteroatoms. The number of furan rings is 1. The second-order valence-electron chi connectivity index (χ2n) is 14.4. The van der Waals surface area contributed by atoms with E-state index >= 15 is 0 Å². The van der Waals surface area contributed by atoms with E-state index in [4.69, 9.17) is 19.4 Å². The van der Waals surface area contributed by atoms with E-state index in [1.54, 1.807) is 0 Å². The van der Waals surface area contributed by atoms with Crippen molar-refractivity contribution in [2.45, 2.75) is 0 Å². The van der Waals surface area contributed by atoms with E-state index in [9.17, 15) is 0 Å². The summed E-state index contributed by atoms with van der Waals surface area (Å²) in [5, 5.41) is 11.7. The third-order valence-electron chi connectivity index (χ3n) is 11.2. The topological polar surface area (TPSA) is 56.7 Å². The summed E-state index contributed by atoms with van der Waals surface area (Å²) >= 11 is 0. The maximum absolute atomic E-state index is 6.64. The molecule has 0 N–H and O–H groups in total. The van der Waals surface area contributed by atoms with Gasteiger partial charge in [-0.1, -0.05) is 140 Å². The molecular weight excluding hydrogens is 685 g/mol. The highest BCUT2D eigenvalue weighted by atomic mass is 16.3. The van der Waals surface area contributed by atoms with Gasteiger partial charge in [0.25, 0.3) is 0 Å². The van der Waals surface area contributed by atoms with Gasteiger partial charge in [0.15, 0.2) is 17.5 Å². The van der Waals surface area contributed by atoms with Gasteiger partial charge in [0.2, 0.25) is 0 Å². The molecule has 0 aliphatic heterocycles. The Kier molecular flexibility index (Phi) is 6.56. The lowest BCUT2D eigenvalue weighted by molar-refractivity contribution is 0.669. The molecule has 0 unspecified atom stereocenters. The van der Waals surface area contributed by atoms with Gasteiger partial charge in [0.1, 0.15) is 11.2 Å². The van der Waals surface area contributed by atoms with Crippen molar-refractivity contribution in [1.82, 2.24) is 19.5 Å². The molecular formula is C51H30N4O. The SMILES string of the molecule is c1ccc(-c2nc(-c3ccccc3)nc(-c3cccc4oc5ccc6ccc(-n7c8cc9ccccc9cc8c8c9ccccc9ccc87)cc6c5c34)n2)cc1. The number of aromatic nitrogens is 4. The molecule has 0 amide bonds. The van der Waals surface area contributed by atoms with Gasteiger partial charge in [-0.2, -0.15) is 0 Å². The minimum atomic E-state index is 0.598. The number of rotatable bonds is 4. The maximum Gasteiger partial charge on any atom is 0.164 e. The first-order valence-electron chi connectivity index (χ1n) is 18.9. The summed E-state index contributed by atoms with van der Waals surface area (Å²) < 4.78 is 9.07. The average Bonchev–Trinajstić information content (AvgIpc) is 3.82. The third-order valence-corrected chi connectivity index (χ3v) is 11.2. The lowest BCUT2D eigenvalue weighted by Gasteiger charge is -2.11. The van der Waals surface area contributed by atoms with Crippen molar-refractivity contribution in [2.24, 2.45) is 0 Å². The van der Waals surface area contributed by atoms with Crippen LogP contribution in [-0.4, -0.2) is 19.5 Å². The van der Waals surface area contributed by atoms with Crippen LogP contribution < -0.4 is 0 Å². The number of hydrogen-bond acceptors (Lipinski definition) is 4. The van der Waals surface area contributed by atoms with Crippen molar-refractivity contribution in [3.8, 4) is 39.9 Å². The molecule has 0 radical (unpaired) electrons. The van der Waals surface area contributed by atoms with Crippen molar-refractivity contribution < 1.29 is 4.42 Å². The van der Waals surface area contributed by atoms with Crippen LogP contribution in [0.3, 0.4) is 0 Å². The first-order valence-corrected chi connectivity index (χ1v) is 18.9. The van der Waals surface area contributed by atoms with Crippen LogP contribution in [0.1, 0.15) is 0 Å². The fourth-order valence-electron chi connectivity index (χ4n) is 8.63. The number of hydrogen-bond donors (Lipinski definition) is 0. The molecule has 0 spiro atoms. The molecule has 3 aromatic heterocycles. The van der Waals surface area contributed by atoms with Crippen LogP contribution in [0.2, 0.25) is 0 Å².